The Bertz CT molecular complexity index is 1310. The molecular weight excluding hydrogens is 440 g/mol. The van der Waals surface area contributed by atoms with Crippen LogP contribution in [0, 0.1) is 5.92 Å². The standard InChI is InChI=1S/C28H32N4O3/c1-5-16(4)23(27(34)29-15(2)3)31-26(33)22-14-20-17-10-8-9-13-21(17)30-24(20)25-18-11-6-7-12-19(18)28(35)32(22)25/h6-13,15-16,22-23,25,30H,5,14H2,1-4H3,(H,29,34)(H,31,33)/t16?,22-,23-,25?/m0/s1. The fourth-order valence-corrected chi connectivity index (χ4v) is 5.46. The summed E-state index contributed by atoms with van der Waals surface area (Å²) in [6, 6.07) is 13.8. The normalized spacial score (nSPS) is 20.3. The number of amides is 3. The third-order valence-corrected chi connectivity index (χ3v) is 7.38. The van der Waals surface area contributed by atoms with Crippen molar-refractivity contribution in [1.29, 1.82) is 0 Å². The second-order valence-corrected chi connectivity index (χ2v) is 10.0. The first-order valence-electron chi connectivity index (χ1n) is 12.4. The number of carbonyl (C=O) groups excluding carboxylic acids is 3. The lowest BCUT2D eigenvalue weighted by atomic mass is 9.89. The number of H-pyrrole nitrogens is 1. The van der Waals surface area contributed by atoms with Crippen molar-refractivity contribution in [3.05, 3.63) is 70.9 Å². The number of carbonyl (C=O) groups is 3. The van der Waals surface area contributed by atoms with Crippen LogP contribution in [0.1, 0.15) is 67.3 Å². The number of benzene rings is 2. The first-order chi connectivity index (χ1) is 16.8. The molecule has 0 saturated heterocycles. The molecule has 3 aromatic rings. The molecule has 3 amide bonds. The van der Waals surface area contributed by atoms with Crippen molar-refractivity contribution < 1.29 is 14.4 Å². The van der Waals surface area contributed by atoms with Crippen LogP contribution < -0.4 is 10.6 Å². The number of aromatic amines is 1. The van der Waals surface area contributed by atoms with E-state index in [2.05, 4.69) is 21.7 Å². The van der Waals surface area contributed by atoms with Gasteiger partial charge in [-0.25, -0.2) is 0 Å². The Labute approximate surface area is 205 Å². The Morgan fingerprint density at radius 3 is 2.51 bits per heavy atom. The quantitative estimate of drug-likeness (QED) is 0.511. The molecule has 0 fully saturated rings. The van der Waals surface area contributed by atoms with Gasteiger partial charge < -0.3 is 20.5 Å². The van der Waals surface area contributed by atoms with Gasteiger partial charge in [-0.1, -0.05) is 56.7 Å². The predicted molar refractivity (Wildman–Crippen MR) is 135 cm³/mol. The Morgan fingerprint density at radius 2 is 1.77 bits per heavy atom. The molecular formula is C28H32N4O3. The number of aromatic nitrogens is 1. The van der Waals surface area contributed by atoms with Crippen LogP contribution in [0.25, 0.3) is 10.9 Å². The molecule has 0 saturated carbocycles. The zero-order chi connectivity index (χ0) is 24.9. The van der Waals surface area contributed by atoms with E-state index in [-0.39, 0.29) is 35.7 Å². The number of nitrogens with zero attached hydrogens (tertiary/aromatic N) is 1. The van der Waals surface area contributed by atoms with E-state index >= 15 is 0 Å². The molecule has 1 aromatic heterocycles. The minimum absolute atomic E-state index is 0.0338. The van der Waals surface area contributed by atoms with E-state index in [0.29, 0.717) is 12.0 Å². The number of nitrogens with one attached hydrogen (secondary N) is 3. The van der Waals surface area contributed by atoms with Crippen molar-refractivity contribution in [2.24, 2.45) is 5.92 Å². The summed E-state index contributed by atoms with van der Waals surface area (Å²) in [6.07, 6.45) is 1.13. The molecule has 7 heteroatoms. The van der Waals surface area contributed by atoms with Gasteiger partial charge in [-0.2, -0.15) is 0 Å². The third-order valence-electron chi connectivity index (χ3n) is 7.38. The van der Waals surface area contributed by atoms with Gasteiger partial charge >= 0.3 is 0 Å². The highest BCUT2D eigenvalue weighted by Gasteiger charge is 2.49. The SMILES string of the molecule is CCC(C)[C@H](NC(=O)[C@@H]1Cc2c([nH]c3ccccc23)C2c3ccccc3C(=O)N21)C(=O)NC(C)C. The molecule has 0 radical (unpaired) electrons. The van der Waals surface area contributed by atoms with E-state index < -0.39 is 12.1 Å². The molecule has 2 unspecified atom stereocenters. The molecule has 3 heterocycles. The summed E-state index contributed by atoms with van der Waals surface area (Å²) in [4.78, 5) is 45.6. The Morgan fingerprint density at radius 1 is 1.06 bits per heavy atom. The lowest BCUT2D eigenvalue weighted by Gasteiger charge is -2.38. The molecule has 0 aliphatic carbocycles. The molecule has 2 aliphatic heterocycles. The van der Waals surface area contributed by atoms with Gasteiger partial charge in [0.05, 0.1) is 6.04 Å². The highest BCUT2D eigenvalue weighted by atomic mass is 16.2. The molecule has 0 spiro atoms. The Hall–Kier alpha value is -3.61. The molecule has 3 N–H and O–H groups in total. The van der Waals surface area contributed by atoms with Gasteiger partial charge in [0.15, 0.2) is 0 Å². The Kier molecular flexibility index (Phi) is 5.87. The van der Waals surface area contributed by atoms with Crippen molar-refractivity contribution in [1.82, 2.24) is 20.5 Å². The van der Waals surface area contributed by atoms with Gasteiger partial charge in [0.2, 0.25) is 11.8 Å². The molecule has 4 atom stereocenters. The van der Waals surface area contributed by atoms with Crippen molar-refractivity contribution in [3.63, 3.8) is 0 Å². The van der Waals surface area contributed by atoms with Gasteiger partial charge in [0.25, 0.3) is 5.91 Å². The van der Waals surface area contributed by atoms with Crippen LogP contribution in [0.5, 0.6) is 0 Å². The molecule has 2 aromatic carbocycles. The summed E-state index contributed by atoms with van der Waals surface area (Å²) in [5, 5.41) is 7.01. The topological polar surface area (TPSA) is 94.3 Å². The zero-order valence-corrected chi connectivity index (χ0v) is 20.6. The van der Waals surface area contributed by atoms with Crippen molar-refractivity contribution in [2.75, 3.05) is 0 Å². The van der Waals surface area contributed by atoms with Crippen molar-refractivity contribution in [3.8, 4) is 0 Å². The Balaban J connectivity index is 1.56. The van der Waals surface area contributed by atoms with Crippen LogP contribution in [-0.4, -0.2) is 45.7 Å². The van der Waals surface area contributed by atoms with Crippen LogP contribution in [0.4, 0.5) is 0 Å². The summed E-state index contributed by atoms with van der Waals surface area (Å²) >= 11 is 0. The maximum absolute atomic E-state index is 13.8. The average molecular weight is 473 g/mol. The van der Waals surface area contributed by atoms with Crippen molar-refractivity contribution >= 4 is 28.6 Å². The second kappa shape index (κ2) is 8.87. The molecule has 5 rings (SSSR count). The monoisotopic (exact) mass is 472 g/mol. The zero-order valence-electron chi connectivity index (χ0n) is 20.6. The smallest absolute Gasteiger partial charge is 0.255 e. The maximum atomic E-state index is 13.8. The first-order valence-corrected chi connectivity index (χ1v) is 12.4. The summed E-state index contributed by atoms with van der Waals surface area (Å²) < 4.78 is 0. The fourth-order valence-electron chi connectivity index (χ4n) is 5.46. The summed E-state index contributed by atoms with van der Waals surface area (Å²) in [7, 11) is 0. The number of para-hydroxylation sites is 1. The molecule has 7 nitrogen and oxygen atoms in total. The molecule has 2 aliphatic rings. The van der Waals surface area contributed by atoms with Gasteiger partial charge in [-0.3, -0.25) is 14.4 Å². The van der Waals surface area contributed by atoms with Gasteiger partial charge in [-0.05, 0) is 43.0 Å². The highest BCUT2D eigenvalue weighted by Crippen LogP contribution is 2.46. The minimum Gasteiger partial charge on any atom is -0.356 e. The third kappa shape index (κ3) is 3.79. The molecule has 0 bridgehead atoms. The number of hydrogen-bond donors (Lipinski definition) is 3. The van der Waals surface area contributed by atoms with Crippen LogP contribution in [0.3, 0.4) is 0 Å². The lowest BCUT2D eigenvalue weighted by molar-refractivity contribution is -0.133. The number of rotatable bonds is 6. The lowest BCUT2D eigenvalue weighted by Crippen LogP contribution is -2.58. The predicted octanol–water partition coefficient (Wildman–Crippen LogP) is 3.69. The largest absolute Gasteiger partial charge is 0.356 e. The summed E-state index contributed by atoms with van der Waals surface area (Å²) in [5.74, 6) is -0.691. The number of hydrogen-bond acceptors (Lipinski definition) is 3. The van der Waals surface area contributed by atoms with E-state index in [0.717, 1.165) is 34.1 Å². The van der Waals surface area contributed by atoms with E-state index in [1.165, 1.54) is 0 Å². The van der Waals surface area contributed by atoms with Crippen LogP contribution in [0.2, 0.25) is 0 Å². The van der Waals surface area contributed by atoms with Crippen molar-refractivity contribution in [2.45, 2.75) is 64.7 Å². The number of fused-ring (bicyclic) bond motifs is 7. The molecule has 35 heavy (non-hydrogen) atoms. The minimum atomic E-state index is -0.718. The van der Waals surface area contributed by atoms with Gasteiger partial charge in [0, 0.05) is 34.6 Å². The summed E-state index contributed by atoms with van der Waals surface area (Å²) in [5.41, 5.74) is 4.53. The van der Waals surface area contributed by atoms with Crippen LogP contribution in [0.15, 0.2) is 48.5 Å². The van der Waals surface area contributed by atoms with E-state index in [4.69, 9.17) is 0 Å². The highest BCUT2D eigenvalue weighted by molar-refractivity contribution is 6.04. The van der Waals surface area contributed by atoms with Crippen LogP contribution >= 0.6 is 0 Å². The second-order valence-electron chi connectivity index (χ2n) is 10.0. The fraction of sp³-hybridized carbons (Fsp3) is 0.393. The maximum Gasteiger partial charge on any atom is 0.255 e. The van der Waals surface area contributed by atoms with Gasteiger partial charge in [0.1, 0.15) is 12.1 Å². The summed E-state index contributed by atoms with van der Waals surface area (Å²) in [6.45, 7) is 7.76. The average Bonchev–Trinajstić information content (AvgIpc) is 3.36. The first kappa shape index (κ1) is 23.1. The van der Waals surface area contributed by atoms with E-state index in [1.807, 2.05) is 70.2 Å². The van der Waals surface area contributed by atoms with Crippen LogP contribution in [-0.2, 0) is 16.0 Å². The van der Waals surface area contributed by atoms with Gasteiger partial charge in [-0.15, -0.1) is 0 Å². The molecule has 182 valence electrons. The van der Waals surface area contributed by atoms with E-state index in [9.17, 15) is 14.4 Å². The van der Waals surface area contributed by atoms with E-state index in [1.54, 1.807) is 4.90 Å².